The van der Waals surface area contributed by atoms with Crippen LogP contribution in [-0.4, -0.2) is 24.0 Å². The molecule has 0 radical (unpaired) electrons. The Labute approximate surface area is 105 Å². The van der Waals surface area contributed by atoms with Crippen LogP contribution < -0.4 is 5.73 Å². The number of rotatable bonds is 3. The number of halogens is 1. The molecule has 0 amide bonds. The van der Waals surface area contributed by atoms with Crippen LogP contribution in [0.3, 0.4) is 0 Å². The molecule has 3 nitrogen and oxygen atoms in total. The van der Waals surface area contributed by atoms with Gasteiger partial charge in [0.1, 0.15) is 5.76 Å². The van der Waals surface area contributed by atoms with Crippen molar-refractivity contribution in [2.24, 2.45) is 11.7 Å². The Hall–Kier alpha value is -0.320. The Morgan fingerprint density at radius 2 is 2.25 bits per heavy atom. The van der Waals surface area contributed by atoms with Gasteiger partial charge in [0, 0.05) is 6.04 Å². The average Bonchev–Trinajstić information content (AvgIpc) is 2.65. The van der Waals surface area contributed by atoms with Gasteiger partial charge in [0.15, 0.2) is 0 Å². The lowest BCUT2D eigenvalue weighted by molar-refractivity contribution is 0.156. The Kier molecular flexibility index (Phi) is 4.05. The molecule has 2 heterocycles. The lowest BCUT2D eigenvalue weighted by Gasteiger charge is -2.33. The van der Waals surface area contributed by atoms with Gasteiger partial charge in [-0.2, -0.15) is 0 Å². The van der Waals surface area contributed by atoms with Crippen molar-refractivity contribution in [3.63, 3.8) is 0 Å². The molecule has 0 saturated carbocycles. The second-order valence-corrected chi connectivity index (χ2v) is 5.52. The Morgan fingerprint density at radius 1 is 1.56 bits per heavy atom. The van der Waals surface area contributed by atoms with E-state index in [9.17, 15) is 0 Å². The molecule has 90 valence electrons. The highest BCUT2D eigenvalue weighted by Gasteiger charge is 2.22. The van der Waals surface area contributed by atoms with Crippen molar-refractivity contribution in [1.82, 2.24) is 4.90 Å². The topological polar surface area (TPSA) is 42.4 Å². The summed E-state index contributed by atoms with van der Waals surface area (Å²) < 4.78 is 6.50. The quantitative estimate of drug-likeness (QED) is 0.929. The van der Waals surface area contributed by atoms with E-state index in [0.29, 0.717) is 12.0 Å². The number of nitrogens with zero attached hydrogens (tertiary/aromatic N) is 1. The predicted octanol–water partition coefficient (Wildman–Crippen LogP) is 2.60. The van der Waals surface area contributed by atoms with Crippen LogP contribution in [0.2, 0.25) is 0 Å². The van der Waals surface area contributed by atoms with Crippen molar-refractivity contribution < 1.29 is 4.42 Å². The van der Waals surface area contributed by atoms with Gasteiger partial charge in [0.25, 0.3) is 0 Å². The van der Waals surface area contributed by atoms with Crippen molar-refractivity contribution in [3.05, 3.63) is 22.6 Å². The van der Waals surface area contributed by atoms with Crippen LogP contribution in [0.5, 0.6) is 0 Å². The fraction of sp³-hybridized carbons (Fsp3) is 0.667. The maximum Gasteiger partial charge on any atom is 0.131 e. The van der Waals surface area contributed by atoms with Crippen molar-refractivity contribution in [1.29, 1.82) is 0 Å². The van der Waals surface area contributed by atoms with Crippen LogP contribution in [0, 0.1) is 5.92 Å². The maximum atomic E-state index is 5.93. The highest BCUT2D eigenvalue weighted by molar-refractivity contribution is 9.10. The molecule has 1 saturated heterocycles. The highest BCUT2D eigenvalue weighted by atomic mass is 79.9. The zero-order chi connectivity index (χ0) is 11.5. The SMILES string of the molecule is CC(N)C1CCN(Cc2occc2Br)CC1. The molecule has 16 heavy (non-hydrogen) atoms. The number of furan rings is 1. The summed E-state index contributed by atoms with van der Waals surface area (Å²) in [5.41, 5.74) is 5.93. The highest BCUT2D eigenvalue weighted by Crippen LogP contribution is 2.24. The monoisotopic (exact) mass is 286 g/mol. The second kappa shape index (κ2) is 5.34. The molecule has 1 aliphatic rings. The van der Waals surface area contributed by atoms with Crippen LogP contribution in [0.25, 0.3) is 0 Å². The van der Waals surface area contributed by atoms with E-state index in [-0.39, 0.29) is 0 Å². The summed E-state index contributed by atoms with van der Waals surface area (Å²) in [6, 6.07) is 2.28. The molecule has 1 aliphatic heterocycles. The summed E-state index contributed by atoms with van der Waals surface area (Å²) in [6.45, 7) is 5.27. The second-order valence-electron chi connectivity index (χ2n) is 4.66. The number of nitrogens with two attached hydrogens (primary N) is 1. The molecule has 2 N–H and O–H groups in total. The molecule has 4 heteroatoms. The van der Waals surface area contributed by atoms with Crippen LogP contribution in [0.15, 0.2) is 21.2 Å². The molecule has 1 aromatic rings. The van der Waals surface area contributed by atoms with Gasteiger partial charge < -0.3 is 10.2 Å². The number of hydrogen-bond donors (Lipinski definition) is 1. The minimum absolute atomic E-state index is 0.331. The van der Waals surface area contributed by atoms with Gasteiger partial charge in [0.05, 0.1) is 17.3 Å². The smallest absolute Gasteiger partial charge is 0.131 e. The van der Waals surface area contributed by atoms with Crippen molar-refractivity contribution in [2.75, 3.05) is 13.1 Å². The number of likely N-dealkylation sites (tertiary alicyclic amines) is 1. The zero-order valence-corrected chi connectivity index (χ0v) is 11.2. The fourth-order valence-corrected chi connectivity index (χ4v) is 2.60. The first-order valence-corrected chi connectivity index (χ1v) is 6.66. The third kappa shape index (κ3) is 2.87. The molecular weight excluding hydrogens is 268 g/mol. The first-order chi connectivity index (χ1) is 7.66. The largest absolute Gasteiger partial charge is 0.467 e. The molecule has 0 bridgehead atoms. The predicted molar refractivity (Wildman–Crippen MR) is 68.1 cm³/mol. The van der Waals surface area contributed by atoms with Gasteiger partial charge in [0.2, 0.25) is 0 Å². The van der Waals surface area contributed by atoms with Gasteiger partial charge in [-0.3, -0.25) is 4.90 Å². The Balaban J connectivity index is 1.84. The summed E-state index contributed by atoms with van der Waals surface area (Å²) in [6.07, 6.45) is 4.14. The van der Waals surface area contributed by atoms with E-state index >= 15 is 0 Å². The first-order valence-electron chi connectivity index (χ1n) is 5.86. The van der Waals surface area contributed by atoms with E-state index in [1.54, 1.807) is 6.26 Å². The van der Waals surface area contributed by atoms with Crippen LogP contribution in [0.1, 0.15) is 25.5 Å². The summed E-state index contributed by atoms with van der Waals surface area (Å²) in [5, 5.41) is 0. The van der Waals surface area contributed by atoms with Gasteiger partial charge in [-0.15, -0.1) is 0 Å². The minimum atomic E-state index is 0.331. The Bertz CT molecular complexity index is 330. The van der Waals surface area contributed by atoms with E-state index in [2.05, 4.69) is 27.8 Å². The van der Waals surface area contributed by atoms with Crippen molar-refractivity contribution in [2.45, 2.75) is 32.4 Å². The summed E-state index contributed by atoms with van der Waals surface area (Å²) in [7, 11) is 0. The van der Waals surface area contributed by atoms with Crippen LogP contribution in [0.4, 0.5) is 0 Å². The molecule has 1 fully saturated rings. The molecule has 0 aromatic carbocycles. The zero-order valence-electron chi connectivity index (χ0n) is 9.66. The average molecular weight is 287 g/mol. The maximum absolute atomic E-state index is 5.93. The first kappa shape index (κ1) is 12.1. The van der Waals surface area contributed by atoms with Gasteiger partial charge >= 0.3 is 0 Å². The van der Waals surface area contributed by atoms with Crippen molar-refractivity contribution >= 4 is 15.9 Å². The fourth-order valence-electron chi connectivity index (χ4n) is 2.28. The number of piperidine rings is 1. The van der Waals surface area contributed by atoms with E-state index < -0.39 is 0 Å². The van der Waals surface area contributed by atoms with Crippen LogP contribution >= 0.6 is 15.9 Å². The van der Waals surface area contributed by atoms with E-state index in [1.165, 1.54) is 12.8 Å². The standard InChI is InChI=1S/C12H19BrN2O/c1-9(14)10-2-5-15(6-3-10)8-12-11(13)4-7-16-12/h4,7,9-10H,2-3,5-6,8,14H2,1H3. The molecule has 0 spiro atoms. The van der Waals surface area contributed by atoms with Gasteiger partial charge in [-0.25, -0.2) is 0 Å². The van der Waals surface area contributed by atoms with Gasteiger partial charge in [-0.1, -0.05) is 0 Å². The van der Waals surface area contributed by atoms with E-state index in [0.717, 1.165) is 29.9 Å². The molecule has 1 unspecified atom stereocenters. The molecule has 0 aliphatic carbocycles. The summed E-state index contributed by atoms with van der Waals surface area (Å²) in [4.78, 5) is 2.43. The molecule has 1 aromatic heterocycles. The molecular formula is C12H19BrN2O. The lowest BCUT2D eigenvalue weighted by atomic mass is 9.91. The number of hydrogen-bond acceptors (Lipinski definition) is 3. The summed E-state index contributed by atoms with van der Waals surface area (Å²) >= 11 is 3.49. The third-order valence-electron chi connectivity index (χ3n) is 3.43. The van der Waals surface area contributed by atoms with Crippen molar-refractivity contribution in [3.8, 4) is 0 Å². The molecule has 2 rings (SSSR count). The lowest BCUT2D eigenvalue weighted by Crippen LogP contribution is -2.39. The van der Waals surface area contributed by atoms with Gasteiger partial charge in [-0.05, 0) is 60.8 Å². The van der Waals surface area contributed by atoms with E-state index in [4.69, 9.17) is 10.2 Å². The Morgan fingerprint density at radius 3 is 2.75 bits per heavy atom. The molecule has 1 atom stereocenters. The van der Waals surface area contributed by atoms with E-state index in [1.807, 2.05) is 6.07 Å². The normalized spacial score (nSPS) is 21.2. The van der Waals surface area contributed by atoms with Crippen LogP contribution in [-0.2, 0) is 6.54 Å². The minimum Gasteiger partial charge on any atom is -0.467 e. The third-order valence-corrected chi connectivity index (χ3v) is 4.14. The summed E-state index contributed by atoms with van der Waals surface area (Å²) in [5.74, 6) is 1.72.